The van der Waals surface area contributed by atoms with Crippen molar-refractivity contribution in [1.29, 1.82) is 0 Å². The lowest BCUT2D eigenvalue weighted by Crippen LogP contribution is -2.36. The quantitative estimate of drug-likeness (QED) is 0.702. The molecule has 2 amide bonds. The maximum Gasteiger partial charge on any atom is 0.251 e. The van der Waals surface area contributed by atoms with Gasteiger partial charge in [-0.25, -0.2) is 4.68 Å². The Morgan fingerprint density at radius 2 is 2.03 bits per heavy atom. The van der Waals surface area contributed by atoms with Crippen LogP contribution in [-0.4, -0.2) is 44.2 Å². The minimum absolute atomic E-state index is 0.0399. The molecule has 0 radical (unpaired) electrons. The van der Waals surface area contributed by atoms with Gasteiger partial charge in [0.25, 0.3) is 5.91 Å². The van der Waals surface area contributed by atoms with Crippen LogP contribution in [0.4, 0.5) is 0 Å². The molecular weight excluding hydrogens is 382 g/mol. The molecule has 0 bridgehead atoms. The Balaban J connectivity index is 1.36. The molecule has 156 valence electrons. The molecule has 1 saturated heterocycles. The summed E-state index contributed by atoms with van der Waals surface area (Å²) >= 11 is 0. The molecule has 8 heteroatoms. The smallest absolute Gasteiger partial charge is 0.251 e. The lowest BCUT2D eigenvalue weighted by Gasteiger charge is -2.21. The summed E-state index contributed by atoms with van der Waals surface area (Å²) in [6.45, 7) is 4.83. The average Bonchev–Trinajstić information content (AvgIpc) is 3.35. The Morgan fingerprint density at radius 1 is 1.23 bits per heavy atom. The Hall–Kier alpha value is -3.42. The summed E-state index contributed by atoms with van der Waals surface area (Å²) in [6.07, 6.45) is 5.32. The van der Waals surface area contributed by atoms with Gasteiger partial charge in [0.15, 0.2) is 0 Å². The van der Waals surface area contributed by atoms with E-state index in [1.165, 1.54) is 0 Å². The number of nitrogens with zero attached hydrogens (tertiary/aromatic N) is 4. The van der Waals surface area contributed by atoms with Gasteiger partial charge in [0.2, 0.25) is 5.91 Å². The van der Waals surface area contributed by atoms with Crippen LogP contribution < -0.4 is 5.32 Å². The highest BCUT2D eigenvalue weighted by molar-refractivity contribution is 5.94. The zero-order valence-corrected chi connectivity index (χ0v) is 17.2. The van der Waals surface area contributed by atoms with Crippen LogP contribution in [0.15, 0.2) is 47.2 Å². The summed E-state index contributed by atoms with van der Waals surface area (Å²) in [7, 11) is 0. The van der Waals surface area contributed by atoms with Crippen molar-refractivity contribution in [3.05, 3.63) is 65.3 Å². The number of benzene rings is 1. The monoisotopic (exact) mass is 407 g/mol. The number of amides is 2. The summed E-state index contributed by atoms with van der Waals surface area (Å²) in [5, 5.41) is 11.2. The number of rotatable bonds is 5. The predicted molar refractivity (Wildman–Crippen MR) is 110 cm³/mol. The minimum atomic E-state index is -0.126. The van der Waals surface area contributed by atoms with Gasteiger partial charge in [0, 0.05) is 42.5 Å². The van der Waals surface area contributed by atoms with Crippen LogP contribution in [0.1, 0.15) is 46.6 Å². The molecule has 3 aromatic rings. The zero-order valence-electron chi connectivity index (χ0n) is 17.2. The molecule has 1 fully saturated rings. The second-order valence-corrected chi connectivity index (χ2v) is 7.61. The lowest BCUT2D eigenvalue weighted by atomic mass is 10.1. The van der Waals surface area contributed by atoms with E-state index in [1.807, 2.05) is 43.1 Å². The Bertz CT molecular complexity index is 1000. The molecule has 3 heterocycles. The van der Waals surface area contributed by atoms with E-state index >= 15 is 0 Å². The largest absolute Gasteiger partial charge is 0.361 e. The third-order valence-electron chi connectivity index (χ3n) is 5.57. The highest BCUT2D eigenvalue weighted by atomic mass is 16.5. The van der Waals surface area contributed by atoms with Crippen molar-refractivity contribution in [2.45, 2.75) is 45.7 Å². The number of aromatic nitrogens is 3. The van der Waals surface area contributed by atoms with E-state index in [4.69, 9.17) is 4.52 Å². The summed E-state index contributed by atoms with van der Waals surface area (Å²) in [6, 6.07) is 9.12. The maximum absolute atomic E-state index is 12.7. The standard InChI is InChI=1S/C22H25N5O3/c1-15-20(16(2)30-25-15)14-26-13-10-18(6-9-21(26)28)24-22(29)17-4-7-19(8-5-17)27-12-3-11-23-27/h3-5,7-8,11-12,18H,6,9-10,13-14H2,1-2H3,(H,24,29). The number of hydrogen-bond donors (Lipinski definition) is 1. The topological polar surface area (TPSA) is 93.3 Å². The third-order valence-corrected chi connectivity index (χ3v) is 5.57. The molecule has 0 aliphatic carbocycles. The minimum Gasteiger partial charge on any atom is -0.361 e. The molecule has 4 rings (SSSR count). The van der Waals surface area contributed by atoms with Gasteiger partial charge >= 0.3 is 0 Å². The van der Waals surface area contributed by atoms with Crippen LogP contribution >= 0.6 is 0 Å². The van der Waals surface area contributed by atoms with Crippen molar-refractivity contribution in [2.24, 2.45) is 0 Å². The molecule has 1 unspecified atom stereocenters. The SMILES string of the molecule is Cc1noc(C)c1CN1CCC(NC(=O)c2ccc(-n3cccn3)cc2)CCC1=O. The van der Waals surface area contributed by atoms with Gasteiger partial charge in [-0.2, -0.15) is 5.10 Å². The van der Waals surface area contributed by atoms with Crippen molar-refractivity contribution in [2.75, 3.05) is 6.54 Å². The lowest BCUT2D eigenvalue weighted by molar-refractivity contribution is -0.131. The Labute approximate surface area is 174 Å². The number of aryl methyl sites for hydroxylation is 2. The molecule has 0 saturated carbocycles. The predicted octanol–water partition coefficient (Wildman–Crippen LogP) is 2.79. The van der Waals surface area contributed by atoms with E-state index in [0.29, 0.717) is 37.9 Å². The molecule has 8 nitrogen and oxygen atoms in total. The molecule has 0 spiro atoms. The molecule has 1 N–H and O–H groups in total. The van der Waals surface area contributed by atoms with E-state index < -0.39 is 0 Å². The van der Waals surface area contributed by atoms with Crippen LogP contribution in [-0.2, 0) is 11.3 Å². The van der Waals surface area contributed by atoms with Crippen LogP contribution in [0.3, 0.4) is 0 Å². The summed E-state index contributed by atoms with van der Waals surface area (Å²) in [5.74, 6) is 0.710. The van der Waals surface area contributed by atoms with E-state index in [9.17, 15) is 9.59 Å². The van der Waals surface area contributed by atoms with E-state index in [1.54, 1.807) is 23.0 Å². The highest BCUT2D eigenvalue weighted by Crippen LogP contribution is 2.20. The molecule has 1 atom stereocenters. The van der Waals surface area contributed by atoms with Crippen molar-refractivity contribution < 1.29 is 14.1 Å². The first-order valence-electron chi connectivity index (χ1n) is 10.1. The third kappa shape index (κ3) is 4.27. The molecule has 1 aliphatic heterocycles. The fraction of sp³-hybridized carbons (Fsp3) is 0.364. The summed E-state index contributed by atoms with van der Waals surface area (Å²) < 4.78 is 6.95. The average molecular weight is 407 g/mol. The van der Waals surface area contributed by atoms with Crippen LogP contribution in [0, 0.1) is 13.8 Å². The fourth-order valence-corrected chi connectivity index (χ4v) is 3.72. The van der Waals surface area contributed by atoms with Gasteiger partial charge in [-0.3, -0.25) is 9.59 Å². The van der Waals surface area contributed by atoms with Gasteiger partial charge in [0.05, 0.1) is 17.9 Å². The number of carbonyl (C=O) groups is 2. The first kappa shape index (κ1) is 19.9. The first-order valence-corrected chi connectivity index (χ1v) is 10.1. The molecule has 1 aromatic carbocycles. The number of nitrogens with one attached hydrogen (secondary N) is 1. The summed E-state index contributed by atoms with van der Waals surface area (Å²) in [4.78, 5) is 27.1. The van der Waals surface area contributed by atoms with Crippen molar-refractivity contribution in [1.82, 2.24) is 25.2 Å². The number of hydrogen-bond acceptors (Lipinski definition) is 5. The normalized spacial score (nSPS) is 17.1. The van der Waals surface area contributed by atoms with E-state index in [-0.39, 0.29) is 17.9 Å². The van der Waals surface area contributed by atoms with Crippen molar-refractivity contribution in [3.8, 4) is 5.69 Å². The highest BCUT2D eigenvalue weighted by Gasteiger charge is 2.25. The van der Waals surface area contributed by atoms with E-state index in [0.717, 1.165) is 22.7 Å². The Kier molecular flexibility index (Phi) is 5.65. The van der Waals surface area contributed by atoms with E-state index in [2.05, 4.69) is 15.6 Å². The van der Waals surface area contributed by atoms with Crippen LogP contribution in [0.5, 0.6) is 0 Å². The fourth-order valence-electron chi connectivity index (χ4n) is 3.72. The number of likely N-dealkylation sites (tertiary alicyclic amines) is 1. The Morgan fingerprint density at radius 3 is 2.70 bits per heavy atom. The van der Waals surface area contributed by atoms with Gasteiger partial charge < -0.3 is 14.7 Å². The zero-order chi connectivity index (χ0) is 21.1. The first-order chi connectivity index (χ1) is 14.5. The van der Waals surface area contributed by atoms with Crippen molar-refractivity contribution >= 4 is 11.8 Å². The van der Waals surface area contributed by atoms with Gasteiger partial charge in [-0.1, -0.05) is 5.16 Å². The molecule has 30 heavy (non-hydrogen) atoms. The second kappa shape index (κ2) is 8.52. The number of carbonyl (C=O) groups excluding carboxylic acids is 2. The molecular formula is C22H25N5O3. The molecule has 1 aliphatic rings. The van der Waals surface area contributed by atoms with Crippen LogP contribution in [0.2, 0.25) is 0 Å². The maximum atomic E-state index is 12.7. The van der Waals surface area contributed by atoms with Gasteiger partial charge in [-0.15, -0.1) is 0 Å². The molecule has 2 aromatic heterocycles. The van der Waals surface area contributed by atoms with Crippen LogP contribution in [0.25, 0.3) is 5.69 Å². The van der Waals surface area contributed by atoms with Crippen molar-refractivity contribution in [3.63, 3.8) is 0 Å². The summed E-state index contributed by atoms with van der Waals surface area (Å²) in [5.41, 5.74) is 3.26. The second-order valence-electron chi connectivity index (χ2n) is 7.61. The van der Waals surface area contributed by atoms with Gasteiger partial charge in [0.1, 0.15) is 5.76 Å². The van der Waals surface area contributed by atoms with Gasteiger partial charge in [-0.05, 0) is 57.0 Å².